The fraction of sp³-hybridized carbons (Fsp3) is 0.667. The molecule has 0 aliphatic heterocycles. The van der Waals surface area contributed by atoms with Crippen molar-refractivity contribution in [1.29, 1.82) is 0 Å². The lowest BCUT2D eigenvalue weighted by Crippen LogP contribution is -2.36. The third-order valence-electron chi connectivity index (χ3n) is 4.10. The fourth-order valence-electron chi connectivity index (χ4n) is 2.95. The molecule has 0 atom stereocenters. The normalized spacial score (nSPS) is 17.0. The van der Waals surface area contributed by atoms with E-state index in [1.165, 1.54) is 32.1 Å². The topological polar surface area (TPSA) is 53.7 Å². The summed E-state index contributed by atoms with van der Waals surface area (Å²) in [4.78, 5) is 13.4. The average Bonchev–Trinajstić information content (AvgIpc) is 2.78. The van der Waals surface area contributed by atoms with Crippen LogP contribution in [-0.4, -0.2) is 28.6 Å². The number of carboxylic acids is 1. The van der Waals surface area contributed by atoms with Gasteiger partial charge in [-0.1, -0.05) is 26.2 Å². The van der Waals surface area contributed by atoms with Gasteiger partial charge in [0.2, 0.25) is 5.76 Å². The predicted molar refractivity (Wildman–Crippen MR) is 73.4 cm³/mol. The number of aromatic carboxylic acids is 1. The molecular weight excluding hydrogens is 242 g/mol. The van der Waals surface area contributed by atoms with Crippen molar-refractivity contribution in [2.45, 2.75) is 58.5 Å². The molecule has 0 radical (unpaired) electrons. The smallest absolute Gasteiger partial charge is 0.371 e. The number of furan rings is 1. The summed E-state index contributed by atoms with van der Waals surface area (Å²) in [5.41, 5.74) is 1.00. The third kappa shape index (κ3) is 3.38. The standard InChI is InChI=1S/C15H23NO3/c1-3-16(13-7-5-4-6-8-13)10-12-9-14(15(17)18)19-11(12)2/h9,13H,3-8,10H2,1-2H3,(H,17,18). The molecule has 1 aliphatic carbocycles. The Hall–Kier alpha value is -1.29. The van der Waals surface area contributed by atoms with Crippen molar-refractivity contribution in [1.82, 2.24) is 4.90 Å². The molecule has 0 bridgehead atoms. The molecule has 1 aromatic heterocycles. The predicted octanol–water partition coefficient (Wildman–Crippen LogP) is 3.44. The minimum absolute atomic E-state index is 0.0483. The van der Waals surface area contributed by atoms with Crippen molar-refractivity contribution >= 4 is 5.97 Å². The van der Waals surface area contributed by atoms with Gasteiger partial charge < -0.3 is 9.52 Å². The van der Waals surface area contributed by atoms with E-state index in [0.717, 1.165) is 24.4 Å². The number of hydrogen-bond donors (Lipinski definition) is 1. The van der Waals surface area contributed by atoms with Gasteiger partial charge in [-0.3, -0.25) is 4.90 Å². The zero-order valence-electron chi connectivity index (χ0n) is 11.8. The van der Waals surface area contributed by atoms with Gasteiger partial charge >= 0.3 is 5.97 Å². The molecule has 1 aromatic rings. The van der Waals surface area contributed by atoms with Crippen molar-refractivity contribution in [2.75, 3.05) is 6.54 Å². The molecule has 0 amide bonds. The van der Waals surface area contributed by atoms with E-state index in [1.807, 2.05) is 6.92 Å². The maximum Gasteiger partial charge on any atom is 0.371 e. The number of carboxylic acid groups (broad SMARTS) is 1. The van der Waals surface area contributed by atoms with Gasteiger partial charge in [0.05, 0.1) is 0 Å². The van der Waals surface area contributed by atoms with Gasteiger partial charge in [-0.25, -0.2) is 4.79 Å². The number of hydrogen-bond acceptors (Lipinski definition) is 3. The van der Waals surface area contributed by atoms with Crippen LogP contribution in [0.4, 0.5) is 0 Å². The van der Waals surface area contributed by atoms with Crippen LogP contribution in [0.25, 0.3) is 0 Å². The maximum atomic E-state index is 10.9. The highest BCUT2D eigenvalue weighted by Gasteiger charge is 2.22. The lowest BCUT2D eigenvalue weighted by molar-refractivity contribution is 0.0661. The molecule has 0 spiro atoms. The summed E-state index contributed by atoms with van der Waals surface area (Å²) >= 11 is 0. The molecule has 1 fully saturated rings. The quantitative estimate of drug-likeness (QED) is 0.886. The Balaban J connectivity index is 2.06. The van der Waals surface area contributed by atoms with Gasteiger partial charge in [0.1, 0.15) is 5.76 Å². The van der Waals surface area contributed by atoms with Crippen LogP contribution in [0.15, 0.2) is 10.5 Å². The molecule has 1 saturated carbocycles. The molecule has 106 valence electrons. The number of aryl methyl sites for hydroxylation is 1. The van der Waals surface area contributed by atoms with E-state index in [9.17, 15) is 4.79 Å². The summed E-state index contributed by atoms with van der Waals surface area (Å²) < 4.78 is 5.28. The van der Waals surface area contributed by atoms with Gasteiger partial charge in [0.15, 0.2) is 0 Å². The first-order valence-corrected chi connectivity index (χ1v) is 7.18. The SMILES string of the molecule is CCN(Cc1cc(C(=O)O)oc1C)C1CCCCC1. The van der Waals surface area contributed by atoms with E-state index in [1.54, 1.807) is 6.07 Å². The molecule has 4 heteroatoms. The highest BCUT2D eigenvalue weighted by molar-refractivity contribution is 5.84. The number of carbonyl (C=O) groups is 1. The first kappa shape index (κ1) is 14.1. The van der Waals surface area contributed by atoms with Crippen molar-refractivity contribution < 1.29 is 14.3 Å². The Bertz CT molecular complexity index is 433. The molecule has 1 aliphatic rings. The first-order valence-electron chi connectivity index (χ1n) is 7.18. The molecule has 19 heavy (non-hydrogen) atoms. The van der Waals surface area contributed by atoms with Crippen molar-refractivity contribution in [3.05, 3.63) is 23.2 Å². The van der Waals surface area contributed by atoms with Crippen LogP contribution in [-0.2, 0) is 6.54 Å². The van der Waals surface area contributed by atoms with Crippen LogP contribution in [0, 0.1) is 6.92 Å². The molecule has 1 heterocycles. The minimum atomic E-state index is -0.991. The Kier molecular flexibility index (Phi) is 4.64. The Labute approximate surface area is 114 Å². The zero-order valence-corrected chi connectivity index (χ0v) is 11.8. The summed E-state index contributed by atoms with van der Waals surface area (Å²) in [5, 5.41) is 8.96. The lowest BCUT2D eigenvalue weighted by Gasteiger charge is -2.33. The van der Waals surface area contributed by atoms with Crippen LogP contribution in [0.5, 0.6) is 0 Å². The summed E-state index contributed by atoms with van der Waals surface area (Å²) in [5.74, 6) is -0.214. The van der Waals surface area contributed by atoms with Gasteiger partial charge in [-0.2, -0.15) is 0 Å². The van der Waals surface area contributed by atoms with E-state index >= 15 is 0 Å². The van der Waals surface area contributed by atoms with Gasteiger partial charge in [-0.15, -0.1) is 0 Å². The molecular formula is C15H23NO3. The monoisotopic (exact) mass is 265 g/mol. The molecule has 0 saturated heterocycles. The molecule has 0 aromatic carbocycles. The van der Waals surface area contributed by atoms with Gasteiger partial charge in [0, 0.05) is 18.2 Å². The molecule has 1 N–H and O–H groups in total. The maximum absolute atomic E-state index is 10.9. The second-order valence-corrected chi connectivity index (χ2v) is 5.35. The van der Waals surface area contributed by atoms with Crippen molar-refractivity contribution in [3.8, 4) is 0 Å². The highest BCUT2D eigenvalue weighted by atomic mass is 16.4. The Morgan fingerprint density at radius 1 is 1.42 bits per heavy atom. The van der Waals surface area contributed by atoms with E-state index in [2.05, 4.69) is 11.8 Å². The van der Waals surface area contributed by atoms with Crippen LogP contribution in [0.3, 0.4) is 0 Å². The summed E-state index contributed by atoms with van der Waals surface area (Å²) in [6, 6.07) is 2.31. The Morgan fingerprint density at radius 3 is 2.63 bits per heavy atom. The highest BCUT2D eigenvalue weighted by Crippen LogP contribution is 2.25. The molecule has 4 nitrogen and oxygen atoms in total. The third-order valence-corrected chi connectivity index (χ3v) is 4.10. The summed E-state index contributed by atoms with van der Waals surface area (Å²) in [7, 11) is 0. The molecule has 0 unspecified atom stereocenters. The zero-order chi connectivity index (χ0) is 13.8. The van der Waals surface area contributed by atoms with Crippen molar-refractivity contribution in [2.24, 2.45) is 0 Å². The molecule has 2 rings (SSSR count). The van der Waals surface area contributed by atoms with Crippen molar-refractivity contribution in [3.63, 3.8) is 0 Å². The van der Waals surface area contributed by atoms with Crippen LogP contribution >= 0.6 is 0 Å². The fourth-order valence-corrected chi connectivity index (χ4v) is 2.95. The summed E-state index contributed by atoms with van der Waals surface area (Å²) in [6.07, 6.45) is 6.49. The van der Waals surface area contributed by atoms with Gasteiger partial charge in [-0.05, 0) is 32.4 Å². The largest absolute Gasteiger partial charge is 0.475 e. The van der Waals surface area contributed by atoms with Crippen LogP contribution in [0.2, 0.25) is 0 Å². The summed E-state index contributed by atoms with van der Waals surface area (Å²) in [6.45, 7) is 5.81. The lowest BCUT2D eigenvalue weighted by atomic mass is 9.94. The van der Waals surface area contributed by atoms with Gasteiger partial charge in [0.25, 0.3) is 0 Å². The van der Waals surface area contributed by atoms with E-state index < -0.39 is 5.97 Å². The second kappa shape index (κ2) is 6.24. The number of rotatable bonds is 5. The van der Waals surface area contributed by atoms with Crippen LogP contribution < -0.4 is 0 Å². The second-order valence-electron chi connectivity index (χ2n) is 5.35. The van der Waals surface area contributed by atoms with E-state index in [4.69, 9.17) is 9.52 Å². The average molecular weight is 265 g/mol. The number of nitrogens with zero attached hydrogens (tertiary/aromatic N) is 1. The van der Waals surface area contributed by atoms with E-state index in [0.29, 0.717) is 6.04 Å². The minimum Gasteiger partial charge on any atom is -0.475 e. The van der Waals surface area contributed by atoms with Crippen LogP contribution in [0.1, 0.15) is 60.9 Å². The Morgan fingerprint density at radius 2 is 2.11 bits per heavy atom. The first-order chi connectivity index (χ1) is 9.11. The van der Waals surface area contributed by atoms with E-state index in [-0.39, 0.29) is 5.76 Å².